The molecule has 14 heteroatoms. The molecular weight excluding hydrogens is 711 g/mol. The summed E-state index contributed by atoms with van der Waals surface area (Å²) >= 11 is 3.38. The van der Waals surface area contributed by atoms with Crippen LogP contribution in [-0.2, 0) is 17.5 Å². The number of nitrogens with zero attached hydrogens (tertiary/aromatic N) is 3. The summed E-state index contributed by atoms with van der Waals surface area (Å²) in [5.41, 5.74) is 0.780. The zero-order valence-corrected chi connectivity index (χ0v) is 27.7. The van der Waals surface area contributed by atoms with Crippen LogP contribution in [0.5, 0.6) is 11.5 Å². The van der Waals surface area contributed by atoms with Gasteiger partial charge in [-0.15, -0.1) is 0 Å². The number of amides is 3. The largest absolute Gasteiger partial charge is 0.490 e. The van der Waals surface area contributed by atoms with E-state index in [1.165, 1.54) is 17.0 Å². The molecule has 0 aromatic heterocycles. The zero-order chi connectivity index (χ0) is 34.9. The van der Waals surface area contributed by atoms with Crippen molar-refractivity contribution >= 4 is 39.6 Å². The van der Waals surface area contributed by atoms with Gasteiger partial charge in [-0.05, 0) is 84.5 Å². The first-order chi connectivity index (χ1) is 23.4. The van der Waals surface area contributed by atoms with Crippen LogP contribution in [0.3, 0.4) is 0 Å². The van der Waals surface area contributed by atoms with Gasteiger partial charge in [0.25, 0.3) is 5.91 Å². The predicted octanol–water partition coefficient (Wildman–Crippen LogP) is 6.99. The maximum absolute atomic E-state index is 14.6. The molecule has 3 aliphatic rings. The van der Waals surface area contributed by atoms with Crippen LogP contribution in [0, 0.1) is 0 Å². The average molecular weight is 745 g/mol. The number of alkyl halides is 3. The molecule has 0 spiro atoms. The Morgan fingerprint density at radius 2 is 1.51 bits per heavy atom. The highest BCUT2D eigenvalue weighted by Gasteiger charge is 2.49. The van der Waals surface area contributed by atoms with Gasteiger partial charge in [0, 0.05) is 35.7 Å². The average Bonchev–Trinajstić information content (AvgIpc) is 3.91. The van der Waals surface area contributed by atoms with Crippen molar-refractivity contribution in [3.05, 3.63) is 99.5 Å². The van der Waals surface area contributed by atoms with Gasteiger partial charge in [0.1, 0.15) is 24.7 Å². The van der Waals surface area contributed by atoms with Crippen molar-refractivity contribution in [3.8, 4) is 11.5 Å². The van der Waals surface area contributed by atoms with Crippen LogP contribution in [0.15, 0.2) is 82.8 Å². The van der Waals surface area contributed by atoms with Crippen LogP contribution in [0.1, 0.15) is 36.0 Å². The van der Waals surface area contributed by atoms with Gasteiger partial charge in [0.2, 0.25) is 0 Å². The fraction of sp³-hybridized carbons (Fsp3) is 0.343. The minimum absolute atomic E-state index is 0.0664. The van der Waals surface area contributed by atoms with E-state index in [9.17, 15) is 37.8 Å². The molecule has 3 amide bonds. The van der Waals surface area contributed by atoms with Crippen molar-refractivity contribution in [1.29, 1.82) is 0 Å². The number of ether oxygens (including phenoxy) is 2. The first-order valence-electron chi connectivity index (χ1n) is 15.7. The second-order valence-electron chi connectivity index (χ2n) is 12.2. The molecule has 1 saturated carbocycles. The van der Waals surface area contributed by atoms with E-state index in [2.05, 4.69) is 15.9 Å². The molecule has 49 heavy (non-hydrogen) atoms. The monoisotopic (exact) mass is 743 g/mol. The SMILES string of the molecule is O=C(O)N1C[C@H]2CC(c3ccc(OCCOc4ccc(Br)cc4)cc3)=C(C(=O)N(Cc3cccc(C(F)(F)F)c3)C3CC3)[C@@H](C1)N2C(=O)O. The molecule has 2 heterocycles. The molecule has 2 N–H and O–H groups in total. The summed E-state index contributed by atoms with van der Waals surface area (Å²) in [7, 11) is 0. The number of piperazine rings is 1. The maximum Gasteiger partial charge on any atom is 0.416 e. The normalized spacial score (nSPS) is 19.0. The van der Waals surface area contributed by atoms with Gasteiger partial charge in [0.15, 0.2) is 0 Å². The quantitative estimate of drug-likeness (QED) is 0.215. The van der Waals surface area contributed by atoms with E-state index in [4.69, 9.17) is 9.47 Å². The van der Waals surface area contributed by atoms with E-state index in [-0.39, 0.29) is 49.8 Å². The number of fused-ring (bicyclic) bond motifs is 2. The van der Waals surface area contributed by atoms with Gasteiger partial charge in [0.05, 0.1) is 17.6 Å². The first-order valence-corrected chi connectivity index (χ1v) is 16.5. The second-order valence-corrected chi connectivity index (χ2v) is 13.1. The second kappa shape index (κ2) is 14.0. The molecule has 2 fully saturated rings. The minimum Gasteiger partial charge on any atom is -0.490 e. The van der Waals surface area contributed by atoms with Crippen LogP contribution in [-0.4, -0.2) is 87.4 Å². The number of halogens is 4. The Balaban J connectivity index is 1.30. The molecule has 258 valence electrons. The topological polar surface area (TPSA) is 120 Å². The summed E-state index contributed by atoms with van der Waals surface area (Å²) in [6.07, 6.45) is -5.73. The summed E-state index contributed by atoms with van der Waals surface area (Å²) in [5, 5.41) is 20.1. The van der Waals surface area contributed by atoms with Crippen molar-refractivity contribution in [2.24, 2.45) is 0 Å². The van der Waals surface area contributed by atoms with E-state index in [0.717, 1.165) is 26.4 Å². The number of rotatable bonds is 10. The third-order valence-electron chi connectivity index (χ3n) is 8.87. The molecule has 3 aromatic carbocycles. The van der Waals surface area contributed by atoms with E-state index < -0.39 is 41.9 Å². The fourth-order valence-corrected chi connectivity index (χ4v) is 6.72. The lowest BCUT2D eigenvalue weighted by Crippen LogP contribution is -2.65. The molecule has 1 saturated heterocycles. The first kappa shape index (κ1) is 34.2. The number of carbonyl (C=O) groups is 3. The Hall–Kier alpha value is -4.72. The lowest BCUT2D eigenvalue weighted by atomic mass is 9.81. The summed E-state index contributed by atoms with van der Waals surface area (Å²) in [5.74, 6) is 0.711. The molecule has 2 bridgehead atoms. The highest BCUT2D eigenvalue weighted by Crippen LogP contribution is 2.41. The highest BCUT2D eigenvalue weighted by molar-refractivity contribution is 9.10. The molecule has 1 aliphatic carbocycles. The Labute approximate surface area is 288 Å². The maximum atomic E-state index is 14.6. The highest BCUT2D eigenvalue weighted by atomic mass is 79.9. The third-order valence-corrected chi connectivity index (χ3v) is 9.40. The van der Waals surface area contributed by atoms with Crippen LogP contribution in [0.25, 0.3) is 5.57 Å². The van der Waals surface area contributed by atoms with Crippen molar-refractivity contribution < 1.29 is 47.2 Å². The standard InChI is InChI=1S/C35H33BrF3N3O7/c36-24-6-12-28(13-7-24)49-15-14-48-27-10-4-22(5-11-27)29-17-26-19-40(33(44)45)20-30(42(26)34(46)47)31(29)32(43)41(25-8-9-25)18-21-2-1-3-23(16-21)35(37,38)39/h1-7,10-13,16,25-26,30H,8-9,14-15,17-20H2,(H,44,45)(H,46,47)/t26-,30-/m1/s1. The Bertz CT molecular complexity index is 1750. The summed E-state index contributed by atoms with van der Waals surface area (Å²) in [6.45, 7) is 0.107. The Morgan fingerprint density at radius 1 is 0.878 bits per heavy atom. The Kier molecular flexibility index (Phi) is 9.77. The van der Waals surface area contributed by atoms with Gasteiger partial charge >= 0.3 is 18.4 Å². The van der Waals surface area contributed by atoms with Crippen LogP contribution in [0.4, 0.5) is 22.8 Å². The lowest BCUT2D eigenvalue weighted by Gasteiger charge is -2.49. The Morgan fingerprint density at radius 3 is 2.08 bits per heavy atom. The van der Waals surface area contributed by atoms with Crippen molar-refractivity contribution in [2.45, 2.75) is 50.1 Å². The summed E-state index contributed by atoms with van der Waals surface area (Å²) in [4.78, 5) is 43.0. The van der Waals surface area contributed by atoms with E-state index in [1.54, 1.807) is 24.3 Å². The zero-order valence-electron chi connectivity index (χ0n) is 26.1. The molecule has 3 aromatic rings. The summed E-state index contributed by atoms with van der Waals surface area (Å²) < 4.78 is 53.0. The predicted molar refractivity (Wildman–Crippen MR) is 175 cm³/mol. The molecular formula is C35H33BrF3N3O7. The van der Waals surface area contributed by atoms with Gasteiger partial charge in [-0.2, -0.15) is 13.2 Å². The fourth-order valence-electron chi connectivity index (χ4n) is 6.45. The summed E-state index contributed by atoms with van der Waals surface area (Å²) in [6, 6.07) is 17.1. The number of hydrogen-bond donors (Lipinski definition) is 2. The van der Waals surface area contributed by atoms with E-state index in [0.29, 0.717) is 42.1 Å². The van der Waals surface area contributed by atoms with Crippen LogP contribution >= 0.6 is 15.9 Å². The number of hydrogen-bond acceptors (Lipinski definition) is 5. The van der Waals surface area contributed by atoms with E-state index >= 15 is 0 Å². The van der Waals surface area contributed by atoms with E-state index in [1.807, 2.05) is 24.3 Å². The molecule has 0 unspecified atom stereocenters. The molecule has 2 aliphatic heterocycles. The minimum atomic E-state index is -4.56. The van der Waals surface area contributed by atoms with Gasteiger partial charge in [-0.3, -0.25) is 9.69 Å². The van der Waals surface area contributed by atoms with Crippen LogP contribution in [0.2, 0.25) is 0 Å². The number of carboxylic acid groups (broad SMARTS) is 2. The molecule has 6 rings (SSSR count). The van der Waals surface area contributed by atoms with Crippen molar-refractivity contribution in [1.82, 2.24) is 14.7 Å². The van der Waals surface area contributed by atoms with Crippen molar-refractivity contribution in [2.75, 3.05) is 26.3 Å². The smallest absolute Gasteiger partial charge is 0.416 e. The van der Waals surface area contributed by atoms with Gasteiger partial charge < -0.3 is 29.5 Å². The van der Waals surface area contributed by atoms with Crippen molar-refractivity contribution in [3.63, 3.8) is 0 Å². The number of benzene rings is 3. The van der Waals surface area contributed by atoms with Gasteiger partial charge in [-0.25, -0.2) is 9.59 Å². The lowest BCUT2D eigenvalue weighted by molar-refractivity contribution is -0.137. The molecule has 10 nitrogen and oxygen atoms in total. The van der Waals surface area contributed by atoms with Crippen LogP contribution < -0.4 is 9.47 Å². The molecule has 0 radical (unpaired) electrons. The number of carbonyl (C=O) groups excluding carboxylic acids is 1. The molecule has 2 atom stereocenters. The van der Waals surface area contributed by atoms with Gasteiger partial charge in [-0.1, -0.05) is 40.2 Å². The third kappa shape index (κ3) is 7.79.